The third kappa shape index (κ3) is 1.79. The standard InChI is InChI=1S/C17H12N2O2S/c1-2-19-16(20)11-8-7-10(9-12(11)17(19)21)15-18-13-5-3-4-6-14(13)22-15/h3-9H,2H2,1H3. The molecule has 0 saturated heterocycles. The van der Waals surface area contributed by atoms with E-state index in [-0.39, 0.29) is 11.8 Å². The van der Waals surface area contributed by atoms with Crippen LogP contribution in [0, 0.1) is 0 Å². The van der Waals surface area contributed by atoms with Crippen LogP contribution in [0.1, 0.15) is 27.6 Å². The SMILES string of the molecule is CCN1C(=O)c2ccc(-c3nc4ccccc4s3)cc2C1=O. The number of thiazole rings is 1. The summed E-state index contributed by atoms with van der Waals surface area (Å²) in [6, 6.07) is 13.3. The van der Waals surface area contributed by atoms with Gasteiger partial charge in [0.2, 0.25) is 0 Å². The fraction of sp³-hybridized carbons (Fsp3) is 0.118. The zero-order valence-electron chi connectivity index (χ0n) is 11.9. The third-order valence-electron chi connectivity index (χ3n) is 3.83. The molecule has 2 heterocycles. The number of hydrogen-bond acceptors (Lipinski definition) is 4. The lowest BCUT2D eigenvalue weighted by atomic mass is 10.1. The molecule has 0 atom stereocenters. The van der Waals surface area contributed by atoms with Gasteiger partial charge in [-0.25, -0.2) is 4.98 Å². The van der Waals surface area contributed by atoms with Gasteiger partial charge < -0.3 is 0 Å². The van der Waals surface area contributed by atoms with Crippen LogP contribution in [-0.4, -0.2) is 28.2 Å². The molecule has 2 aromatic carbocycles. The van der Waals surface area contributed by atoms with Gasteiger partial charge in [0.15, 0.2) is 0 Å². The maximum absolute atomic E-state index is 12.3. The van der Waals surface area contributed by atoms with Crippen LogP contribution in [0.2, 0.25) is 0 Å². The van der Waals surface area contributed by atoms with Crippen molar-refractivity contribution in [2.24, 2.45) is 0 Å². The molecule has 1 aliphatic rings. The molecule has 0 aliphatic carbocycles. The van der Waals surface area contributed by atoms with E-state index in [4.69, 9.17) is 0 Å². The normalized spacial score (nSPS) is 14.0. The maximum atomic E-state index is 12.3. The Kier molecular flexibility index (Phi) is 2.84. The Hall–Kier alpha value is -2.53. The first-order valence-electron chi connectivity index (χ1n) is 7.05. The van der Waals surface area contributed by atoms with Crippen molar-refractivity contribution in [2.75, 3.05) is 6.54 Å². The second-order valence-corrected chi connectivity index (χ2v) is 6.13. The summed E-state index contributed by atoms with van der Waals surface area (Å²) in [5.74, 6) is -0.427. The minimum atomic E-state index is -0.217. The van der Waals surface area contributed by atoms with Crippen molar-refractivity contribution in [1.29, 1.82) is 0 Å². The van der Waals surface area contributed by atoms with Crippen LogP contribution in [0.5, 0.6) is 0 Å². The third-order valence-corrected chi connectivity index (χ3v) is 4.91. The number of benzene rings is 2. The number of imide groups is 1. The van der Waals surface area contributed by atoms with Crippen molar-refractivity contribution < 1.29 is 9.59 Å². The van der Waals surface area contributed by atoms with E-state index in [1.54, 1.807) is 30.4 Å². The first-order valence-corrected chi connectivity index (χ1v) is 7.87. The number of amides is 2. The highest BCUT2D eigenvalue weighted by Crippen LogP contribution is 2.33. The van der Waals surface area contributed by atoms with Crippen LogP contribution in [0.3, 0.4) is 0 Å². The quantitative estimate of drug-likeness (QED) is 0.680. The topological polar surface area (TPSA) is 50.3 Å². The van der Waals surface area contributed by atoms with E-state index < -0.39 is 0 Å². The molecule has 0 spiro atoms. The van der Waals surface area contributed by atoms with Gasteiger partial charge in [0.05, 0.1) is 21.3 Å². The van der Waals surface area contributed by atoms with Crippen molar-refractivity contribution in [3.05, 3.63) is 53.6 Å². The number of para-hydroxylation sites is 1. The molecule has 2 amide bonds. The molecule has 5 heteroatoms. The Labute approximate surface area is 131 Å². The summed E-state index contributed by atoms with van der Waals surface area (Å²) < 4.78 is 1.11. The zero-order valence-corrected chi connectivity index (χ0v) is 12.7. The predicted octanol–water partition coefficient (Wildman–Crippen LogP) is 3.58. The van der Waals surface area contributed by atoms with Crippen molar-refractivity contribution in [1.82, 2.24) is 9.88 Å². The van der Waals surface area contributed by atoms with Crippen LogP contribution in [-0.2, 0) is 0 Å². The van der Waals surface area contributed by atoms with Gasteiger partial charge >= 0.3 is 0 Å². The lowest BCUT2D eigenvalue weighted by Crippen LogP contribution is -2.29. The van der Waals surface area contributed by atoms with Crippen molar-refractivity contribution in [2.45, 2.75) is 6.92 Å². The number of aromatic nitrogens is 1. The van der Waals surface area contributed by atoms with Gasteiger partial charge in [0.25, 0.3) is 11.8 Å². The molecule has 0 saturated carbocycles. The van der Waals surface area contributed by atoms with Gasteiger partial charge in [0.1, 0.15) is 5.01 Å². The molecule has 0 unspecified atom stereocenters. The molecule has 0 fully saturated rings. The molecule has 108 valence electrons. The average Bonchev–Trinajstić information content (AvgIpc) is 3.07. The number of carbonyl (C=O) groups is 2. The van der Waals surface area contributed by atoms with Gasteiger partial charge in [-0.3, -0.25) is 14.5 Å². The predicted molar refractivity (Wildman–Crippen MR) is 86.1 cm³/mol. The molecule has 4 rings (SSSR count). The van der Waals surface area contributed by atoms with Gasteiger partial charge in [-0.1, -0.05) is 18.2 Å². The Morgan fingerprint density at radius 2 is 1.82 bits per heavy atom. The van der Waals surface area contributed by atoms with Crippen LogP contribution < -0.4 is 0 Å². The highest BCUT2D eigenvalue weighted by Gasteiger charge is 2.34. The molecule has 3 aromatic rings. The van der Waals surface area contributed by atoms with E-state index in [0.29, 0.717) is 17.7 Å². The zero-order chi connectivity index (χ0) is 15.3. The molecule has 0 N–H and O–H groups in total. The van der Waals surface area contributed by atoms with Crippen molar-refractivity contribution >= 4 is 33.4 Å². The molecule has 1 aromatic heterocycles. The van der Waals surface area contributed by atoms with Gasteiger partial charge in [-0.05, 0) is 31.2 Å². The summed E-state index contributed by atoms with van der Waals surface area (Å²) in [6.45, 7) is 2.19. The second kappa shape index (κ2) is 4.74. The van der Waals surface area contributed by atoms with Crippen LogP contribution in [0.15, 0.2) is 42.5 Å². The molecule has 1 aliphatic heterocycles. The number of hydrogen-bond donors (Lipinski definition) is 0. The van der Waals surface area contributed by atoms with Gasteiger partial charge in [-0.15, -0.1) is 11.3 Å². The summed E-state index contributed by atoms with van der Waals surface area (Å²) in [4.78, 5) is 30.3. The summed E-state index contributed by atoms with van der Waals surface area (Å²) in [7, 11) is 0. The first-order chi connectivity index (χ1) is 10.7. The van der Waals surface area contributed by atoms with Crippen molar-refractivity contribution in [3.8, 4) is 10.6 Å². The largest absolute Gasteiger partial charge is 0.275 e. The molecule has 0 radical (unpaired) electrons. The number of fused-ring (bicyclic) bond motifs is 2. The molecular formula is C17H12N2O2S. The Bertz CT molecular complexity index is 896. The van der Waals surface area contributed by atoms with Gasteiger partial charge in [-0.2, -0.15) is 0 Å². The van der Waals surface area contributed by atoms with E-state index >= 15 is 0 Å². The van der Waals surface area contributed by atoms with E-state index in [1.807, 2.05) is 30.3 Å². The Morgan fingerprint density at radius 3 is 2.59 bits per heavy atom. The Balaban J connectivity index is 1.84. The summed E-state index contributed by atoms with van der Waals surface area (Å²) in [6.07, 6.45) is 0. The minimum Gasteiger partial charge on any atom is -0.275 e. The van der Waals surface area contributed by atoms with Crippen LogP contribution in [0.25, 0.3) is 20.8 Å². The summed E-state index contributed by atoms with van der Waals surface area (Å²) >= 11 is 1.58. The lowest BCUT2D eigenvalue weighted by Gasteiger charge is -2.08. The molecule has 0 bridgehead atoms. The smallest absolute Gasteiger partial charge is 0.261 e. The van der Waals surface area contributed by atoms with Crippen molar-refractivity contribution in [3.63, 3.8) is 0 Å². The molecular weight excluding hydrogens is 296 g/mol. The van der Waals surface area contributed by atoms with E-state index in [0.717, 1.165) is 20.8 Å². The molecule has 4 nitrogen and oxygen atoms in total. The summed E-state index contributed by atoms with van der Waals surface area (Å²) in [5, 5.41) is 0.860. The van der Waals surface area contributed by atoms with E-state index in [2.05, 4.69) is 4.98 Å². The van der Waals surface area contributed by atoms with E-state index in [1.165, 1.54) is 4.90 Å². The van der Waals surface area contributed by atoms with Crippen LogP contribution in [0.4, 0.5) is 0 Å². The highest BCUT2D eigenvalue weighted by atomic mass is 32.1. The maximum Gasteiger partial charge on any atom is 0.261 e. The number of carbonyl (C=O) groups excluding carboxylic acids is 2. The fourth-order valence-electron chi connectivity index (χ4n) is 2.71. The first kappa shape index (κ1) is 13.2. The number of rotatable bonds is 2. The molecule has 22 heavy (non-hydrogen) atoms. The minimum absolute atomic E-state index is 0.210. The van der Waals surface area contributed by atoms with Crippen LogP contribution >= 0.6 is 11.3 Å². The van der Waals surface area contributed by atoms with Gasteiger partial charge in [0, 0.05) is 12.1 Å². The monoisotopic (exact) mass is 308 g/mol. The average molecular weight is 308 g/mol. The lowest BCUT2D eigenvalue weighted by molar-refractivity contribution is 0.0663. The summed E-state index contributed by atoms with van der Waals surface area (Å²) in [5.41, 5.74) is 2.78. The highest BCUT2D eigenvalue weighted by molar-refractivity contribution is 7.21. The Morgan fingerprint density at radius 1 is 1.05 bits per heavy atom. The fourth-order valence-corrected chi connectivity index (χ4v) is 3.67. The van der Waals surface area contributed by atoms with E-state index in [9.17, 15) is 9.59 Å². The number of nitrogens with zero attached hydrogens (tertiary/aromatic N) is 2. The second-order valence-electron chi connectivity index (χ2n) is 5.10.